The Morgan fingerprint density at radius 3 is 2.95 bits per heavy atom. The fraction of sp³-hybridized carbons (Fsp3) is 0.647. The van der Waals surface area contributed by atoms with Gasteiger partial charge in [0.25, 0.3) is 0 Å². The van der Waals surface area contributed by atoms with Gasteiger partial charge in [0.2, 0.25) is 0 Å². The van der Waals surface area contributed by atoms with Gasteiger partial charge >= 0.3 is 0 Å². The molecule has 4 heteroatoms. The van der Waals surface area contributed by atoms with Gasteiger partial charge in [-0.1, -0.05) is 53.4 Å². The highest BCUT2D eigenvalue weighted by molar-refractivity contribution is 9.10. The van der Waals surface area contributed by atoms with Crippen LogP contribution in [0.3, 0.4) is 0 Å². The Hall–Kier alpha value is -0.0900. The van der Waals surface area contributed by atoms with E-state index in [2.05, 4.69) is 27.8 Å². The number of halogens is 2. The predicted octanol–water partition coefficient (Wildman–Crippen LogP) is 5.15. The maximum atomic E-state index is 6.36. The van der Waals surface area contributed by atoms with E-state index in [-0.39, 0.29) is 6.04 Å². The molecular formula is C17H26BrClN2. The zero-order valence-electron chi connectivity index (χ0n) is 12.8. The van der Waals surface area contributed by atoms with Gasteiger partial charge in [0.05, 0.1) is 0 Å². The molecule has 0 radical (unpaired) electrons. The third-order valence-electron chi connectivity index (χ3n) is 4.46. The van der Waals surface area contributed by atoms with Crippen LogP contribution in [0.1, 0.15) is 57.1 Å². The van der Waals surface area contributed by atoms with E-state index < -0.39 is 0 Å². The third kappa shape index (κ3) is 4.95. The molecule has 2 unspecified atom stereocenters. The van der Waals surface area contributed by atoms with E-state index in [9.17, 15) is 0 Å². The molecule has 1 heterocycles. The van der Waals surface area contributed by atoms with Gasteiger partial charge in [-0.3, -0.25) is 0 Å². The van der Waals surface area contributed by atoms with Crippen molar-refractivity contribution in [3.63, 3.8) is 0 Å². The molecule has 1 fully saturated rings. The van der Waals surface area contributed by atoms with Gasteiger partial charge in [0.15, 0.2) is 0 Å². The molecule has 2 rings (SSSR count). The Morgan fingerprint density at radius 1 is 1.43 bits per heavy atom. The van der Waals surface area contributed by atoms with Crippen LogP contribution < -0.4 is 5.73 Å². The van der Waals surface area contributed by atoms with Crippen molar-refractivity contribution in [3.8, 4) is 0 Å². The van der Waals surface area contributed by atoms with Gasteiger partial charge in [-0.2, -0.15) is 0 Å². The topological polar surface area (TPSA) is 29.3 Å². The second kappa shape index (κ2) is 8.52. The average Bonchev–Trinajstić information content (AvgIpc) is 2.46. The van der Waals surface area contributed by atoms with Crippen LogP contribution >= 0.6 is 27.5 Å². The molecule has 0 aromatic heterocycles. The van der Waals surface area contributed by atoms with Crippen molar-refractivity contribution in [2.75, 3.05) is 13.1 Å². The number of rotatable bonds is 6. The van der Waals surface area contributed by atoms with Gasteiger partial charge in [0.1, 0.15) is 0 Å². The summed E-state index contributed by atoms with van der Waals surface area (Å²) in [6.07, 6.45) is 7.62. The first-order valence-electron chi connectivity index (χ1n) is 8.06. The van der Waals surface area contributed by atoms with Crippen molar-refractivity contribution in [3.05, 3.63) is 33.3 Å². The standard InChI is InChI=1S/C17H26BrClN2/c1-2-5-14-6-3-4-10-21(14)11-9-17(20)15-8-7-13(18)12-16(15)19/h7-8,12,14,17H,2-6,9-11,20H2,1H3. The fourth-order valence-electron chi connectivity index (χ4n) is 3.28. The first-order valence-corrected chi connectivity index (χ1v) is 9.23. The highest BCUT2D eigenvalue weighted by Crippen LogP contribution is 2.28. The lowest BCUT2D eigenvalue weighted by Gasteiger charge is -2.36. The van der Waals surface area contributed by atoms with Crippen LogP contribution in [0.2, 0.25) is 5.02 Å². The van der Waals surface area contributed by atoms with Crippen molar-refractivity contribution in [1.82, 2.24) is 4.90 Å². The number of nitrogens with two attached hydrogens (primary N) is 1. The van der Waals surface area contributed by atoms with Gasteiger partial charge in [-0.05, 0) is 49.9 Å². The van der Waals surface area contributed by atoms with Gasteiger partial charge in [-0.25, -0.2) is 0 Å². The van der Waals surface area contributed by atoms with E-state index in [1.165, 1.54) is 38.6 Å². The minimum Gasteiger partial charge on any atom is -0.324 e. The summed E-state index contributed by atoms with van der Waals surface area (Å²) in [7, 11) is 0. The van der Waals surface area contributed by atoms with Crippen LogP contribution in [0, 0.1) is 0 Å². The maximum absolute atomic E-state index is 6.36. The number of nitrogens with zero attached hydrogens (tertiary/aromatic N) is 1. The number of hydrogen-bond donors (Lipinski definition) is 1. The van der Waals surface area contributed by atoms with Crippen LogP contribution in [0.15, 0.2) is 22.7 Å². The van der Waals surface area contributed by atoms with Crippen molar-refractivity contribution in [1.29, 1.82) is 0 Å². The van der Waals surface area contributed by atoms with Crippen molar-refractivity contribution in [2.24, 2.45) is 5.73 Å². The van der Waals surface area contributed by atoms with Gasteiger partial charge in [0, 0.05) is 28.1 Å². The number of likely N-dealkylation sites (tertiary alicyclic amines) is 1. The summed E-state index contributed by atoms with van der Waals surface area (Å²) in [4.78, 5) is 2.64. The zero-order chi connectivity index (χ0) is 15.2. The Bertz CT molecular complexity index is 450. The zero-order valence-corrected chi connectivity index (χ0v) is 15.2. The SMILES string of the molecule is CCCC1CCCCN1CCC(N)c1ccc(Br)cc1Cl. The number of benzene rings is 1. The Labute approximate surface area is 142 Å². The summed E-state index contributed by atoms with van der Waals surface area (Å²) in [5, 5.41) is 0.764. The smallest absolute Gasteiger partial charge is 0.0464 e. The monoisotopic (exact) mass is 372 g/mol. The second-order valence-electron chi connectivity index (χ2n) is 6.04. The predicted molar refractivity (Wildman–Crippen MR) is 94.8 cm³/mol. The molecule has 1 aliphatic heterocycles. The van der Waals surface area contributed by atoms with Crippen LogP contribution in [0.25, 0.3) is 0 Å². The maximum Gasteiger partial charge on any atom is 0.0464 e. The van der Waals surface area contributed by atoms with E-state index in [0.29, 0.717) is 0 Å². The average molecular weight is 374 g/mol. The molecule has 0 amide bonds. The molecule has 2 nitrogen and oxygen atoms in total. The molecule has 0 aliphatic carbocycles. The summed E-state index contributed by atoms with van der Waals surface area (Å²) >= 11 is 9.74. The summed E-state index contributed by atoms with van der Waals surface area (Å²) < 4.78 is 1.00. The largest absolute Gasteiger partial charge is 0.324 e. The van der Waals surface area contributed by atoms with E-state index >= 15 is 0 Å². The minimum absolute atomic E-state index is 0.0230. The Balaban J connectivity index is 1.91. The second-order valence-corrected chi connectivity index (χ2v) is 7.36. The fourth-order valence-corrected chi connectivity index (χ4v) is 4.09. The summed E-state index contributed by atoms with van der Waals surface area (Å²) in [6.45, 7) is 4.59. The van der Waals surface area contributed by atoms with Crippen molar-refractivity contribution in [2.45, 2.75) is 57.5 Å². The van der Waals surface area contributed by atoms with E-state index in [1.54, 1.807) is 0 Å². The molecule has 118 valence electrons. The molecular weight excluding hydrogens is 348 g/mol. The van der Waals surface area contributed by atoms with E-state index in [0.717, 1.165) is 34.1 Å². The lowest BCUT2D eigenvalue weighted by molar-refractivity contribution is 0.135. The third-order valence-corrected chi connectivity index (χ3v) is 5.28. The van der Waals surface area contributed by atoms with Gasteiger partial charge < -0.3 is 10.6 Å². The molecule has 21 heavy (non-hydrogen) atoms. The van der Waals surface area contributed by atoms with E-state index in [4.69, 9.17) is 17.3 Å². The van der Waals surface area contributed by atoms with E-state index in [1.807, 2.05) is 18.2 Å². The van der Waals surface area contributed by atoms with Crippen LogP contribution in [-0.4, -0.2) is 24.0 Å². The van der Waals surface area contributed by atoms with Crippen molar-refractivity contribution >= 4 is 27.5 Å². The van der Waals surface area contributed by atoms with Crippen LogP contribution in [0.4, 0.5) is 0 Å². The molecule has 1 aliphatic rings. The molecule has 0 saturated carbocycles. The summed E-state index contributed by atoms with van der Waals surface area (Å²) in [5.74, 6) is 0. The molecule has 1 saturated heterocycles. The molecule has 2 atom stereocenters. The summed E-state index contributed by atoms with van der Waals surface area (Å²) in [5.41, 5.74) is 7.42. The minimum atomic E-state index is 0.0230. The van der Waals surface area contributed by atoms with Crippen LogP contribution in [-0.2, 0) is 0 Å². The normalized spacial score (nSPS) is 21.4. The molecule has 0 bridgehead atoms. The highest BCUT2D eigenvalue weighted by Gasteiger charge is 2.22. The molecule has 1 aromatic rings. The van der Waals surface area contributed by atoms with Crippen LogP contribution in [0.5, 0.6) is 0 Å². The lowest BCUT2D eigenvalue weighted by Crippen LogP contribution is -2.40. The lowest BCUT2D eigenvalue weighted by atomic mass is 9.97. The van der Waals surface area contributed by atoms with Crippen molar-refractivity contribution < 1.29 is 0 Å². The Morgan fingerprint density at radius 2 is 2.24 bits per heavy atom. The Kier molecular flexibility index (Phi) is 7.00. The first kappa shape index (κ1) is 17.3. The molecule has 2 N–H and O–H groups in total. The number of piperidine rings is 1. The highest BCUT2D eigenvalue weighted by atomic mass is 79.9. The molecule has 0 spiro atoms. The summed E-state index contributed by atoms with van der Waals surface area (Å²) in [6, 6.07) is 6.77. The quantitative estimate of drug-likeness (QED) is 0.747. The van der Waals surface area contributed by atoms with Gasteiger partial charge in [-0.15, -0.1) is 0 Å². The molecule has 1 aromatic carbocycles. The number of hydrogen-bond acceptors (Lipinski definition) is 2. The first-order chi connectivity index (χ1) is 10.1.